The number of carbonyl (C=O) groups is 1. The van der Waals surface area contributed by atoms with Crippen LogP contribution >= 0.6 is 0 Å². The minimum absolute atomic E-state index is 0.0498. The van der Waals surface area contributed by atoms with Gasteiger partial charge in [0.15, 0.2) is 0 Å². The SMILES string of the molecule is NC(=O)NCC(CO)(CO)CO. The van der Waals surface area contributed by atoms with Gasteiger partial charge in [-0.1, -0.05) is 0 Å². The van der Waals surface area contributed by atoms with Crippen molar-refractivity contribution in [2.24, 2.45) is 11.1 Å². The van der Waals surface area contributed by atoms with Crippen LogP contribution in [0.1, 0.15) is 0 Å². The number of hydrogen-bond donors (Lipinski definition) is 5. The fourth-order valence-corrected chi connectivity index (χ4v) is 0.592. The van der Waals surface area contributed by atoms with Gasteiger partial charge in [0.2, 0.25) is 0 Å². The van der Waals surface area contributed by atoms with Crippen LogP contribution in [0.2, 0.25) is 0 Å². The smallest absolute Gasteiger partial charge is 0.312 e. The van der Waals surface area contributed by atoms with Gasteiger partial charge in [-0.2, -0.15) is 0 Å². The minimum Gasteiger partial charge on any atom is -0.396 e. The molecule has 0 unspecified atom stereocenters. The Balaban J connectivity index is 4.01. The van der Waals surface area contributed by atoms with Gasteiger partial charge in [0.05, 0.1) is 25.2 Å². The van der Waals surface area contributed by atoms with E-state index < -0.39 is 31.3 Å². The van der Waals surface area contributed by atoms with Crippen LogP contribution in [0.25, 0.3) is 0 Å². The summed E-state index contributed by atoms with van der Waals surface area (Å²) in [6, 6.07) is -0.755. The van der Waals surface area contributed by atoms with Gasteiger partial charge < -0.3 is 26.4 Å². The van der Waals surface area contributed by atoms with Crippen LogP contribution in [0.4, 0.5) is 4.79 Å². The first kappa shape index (κ1) is 11.2. The molecule has 0 heterocycles. The number of nitrogens with one attached hydrogen (secondary N) is 1. The molecule has 0 aromatic rings. The molecule has 0 radical (unpaired) electrons. The van der Waals surface area contributed by atoms with Crippen molar-refractivity contribution in [1.29, 1.82) is 0 Å². The van der Waals surface area contributed by atoms with Crippen LogP contribution < -0.4 is 11.1 Å². The van der Waals surface area contributed by atoms with E-state index in [0.717, 1.165) is 0 Å². The third-order valence-electron chi connectivity index (χ3n) is 1.64. The van der Waals surface area contributed by atoms with Crippen LogP contribution in [0, 0.1) is 5.41 Å². The number of primary amides is 1. The summed E-state index contributed by atoms with van der Waals surface area (Å²) in [6.45, 7) is -1.30. The van der Waals surface area contributed by atoms with Gasteiger partial charge in [0.25, 0.3) is 0 Å². The first-order chi connectivity index (χ1) is 5.60. The highest BCUT2D eigenvalue weighted by atomic mass is 16.3. The normalized spacial score (nSPS) is 11.2. The Kier molecular flexibility index (Phi) is 4.57. The summed E-state index contributed by atoms with van der Waals surface area (Å²) in [5.41, 5.74) is 3.68. The third-order valence-corrected chi connectivity index (χ3v) is 1.64. The van der Waals surface area contributed by atoms with Crippen LogP contribution in [0.3, 0.4) is 0 Å². The van der Waals surface area contributed by atoms with Crippen LogP contribution in [0.5, 0.6) is 0 Å². The molecule has 0 aromatic carbocycles. The summed E-state index contributed by atoms with van der Waals surface area (Å²) < 4.78 is 0. The maximum atomic E-state index is 10.3. The first-order valence-corrected chi connectivity index (χ1v) is 3.46. The van der Waals surface area contributed by atoms with E-state index in [-0.39, 0.29) is 6.54 Å². The lowest BCUT2D eigenvalue weighted by Gasteiger charge is -2.26. The summed E-state index contributed by atoms with van der Waals surface area (Å²) in [4.78, 5) is 10.3. The summed E-state index contributed by atoms with van der Waals surface area (Å²) in [7, 11) is 0. The molecule has 0 aliphatic heterocycles. The van der Waals surface area contributed by atoms with Gasteiger partial charge in [0, 0.05) is 6.54 Å². The Hall–Kier alpha value is -0.850. The van der Waals surface area contributed by atoms with Crippen molar-refractivity contribution in [2.45, 2.75) is 0 Å². The topological polar surface area (TPSA) is 116 Å². The Morgan fingerprint density at radius 2 is 1.67 bits per heavy atom. The maximum absolute atomic E-state index is 10.3. The predicted octanol–water partition coefficient (Wildman–Crippen LogP) is -2.38. The number of aliphatic hydroxyl groups excluding tert-OH is 3. The Morgan fingerprint density at radius 1 is 1.25 bits per heavy atom. The molecule has 6 N–H and O–H groups in total. The van der Waals surface area contributed by atoms with Crippen molar-refractivity contribution in [3.05, 3.63) is 0 Å². The third kappa shape index (κ3) is 3.04. The largest absolute Gasteiger partial charge is 0.396 e. The fourth-order valence-electron chi connectivity index (χ4n) is 0.592. The Morgan fingerprint density at radius 3 is 1.92 bits per heavy atom. The number of nitrogens with two attached hydrogens (primary N) is 1. The lowest BCUT2D eigenvalue weighted by molar-refractivity contribution is 0.00858. The number of hydrogen-bond acceptors (Lipinski definition) is 4. The van der Waals surface area contributed by atoms with Crippen molar-refractivity contribution >= 4 is 6.03 Å². The summed E-state index contributed by atoms with van der Waals surface area (Å²) in [5.74, 6) is 0. The summed E-state index contributed by atoms with van der Waals surface area (Å²) >= 11 is 0. The first-order valence-electron chi connectivity index (χ1n) is 3.46. The Labute approximate surface area is 70.0 Å². The molecule has 0 fully saturated rings. The van der Waals surface area contributed by atoms with Gasteiger partial charge in [0.1, 0.15) is 0 Å². The van der Waals surface area contributed by atoms with Crippen molar-refractivity contribution in [3.8, 4) is 0 Å². The molecule has 0 saturated heterocycles. The van der Waals surface area contributed by atoms with Crippen molar-refractivity contribution in [1.82, 2.24) is 5.32 Å². The maximum Gasteiger partial charge on any atom is 0.312 e. The molecule has 6 nitrogen and oxygen atoms in total. The van der Waals surface area contributed by atoms with E-state index in [1.165, 1.54) is 0 Å². The highest BCUT2D eigenvalue weighted by Gasteiger charge is 2.28. The lowest BCUT2D eigenvalue weighted by atomic mass is 9.91. The molecule has 12 heavy (non-hydrogen) atoms. The van der Waals surface area contributed by atoms with Gasteiger partial charge in [-0.25, -0.2) is 4.79 Å². The van der Waals surface area contributed by atoms with Gasteiger partial charge in [-0.15, -0.1) is 0 Å². The van der Waals surface area contributed by atoms with E-state index in [4.69, 9.17) is 21.1 Å². The second-order valence-electron chi connectivity index (χ2n) is 2.69. The van der Waals surface area contributed by atoms with E-state index in [1.54, 1.807) is 0 Å². The second kappa shape index (κ2) is 4.91. The van der Waals surface area contributed by atoms with Crippen molar-refractivity contribution in [2.75, 3.05) is 26.4 Å². The number of amides is 2. The molecule has 0 aliphatic carbocycles. The molecule has 0 spiro atoms. The zero-order valence-corrected chi connectivity index (χ0v) is 6.66. The number of aliphatic hydroxyl groups is 3. The van der Waals surface area contributed by atoms with E-state index in [9.17, 15) is 4.79 Å². The number of rotatable bonds is 5. The van der Waals surface area contributed by atoms with Gasteiger partial charge in [-0.05, 0) is 0 Å². The van der Waals surface area contributed by atoms with Gasteiger partial charge >= 0.3 is 6.03 Å². The molecule has 72 valence electrons. The average Bonchev–Trinajstić information content (AvgIpc) is 2.08. The van der Waals surface area contributed by atoms with Crippen LogP contribution in [0.15, 0.2) is 0 Å². The number of urea groups is 1. The molecule has 6 heteroatoms. The highest BCUT2D eigenvalue weighted by Crippen LogP contribution is 2.12. The summed E-state index contributed by atoms with van der Waals surface area (Å²) in [6.07, 6.45) is 0. The average molecular weight is 178 g/mol. The van der Waals surface area contributed by atoms with E-state index in [1.807, 2.05) is 0 Å². The number of carbonyl (C=O) groups excluding carboxylic acids is 1. The molecule has 0 atom stereocenters. The molecule has 0 saturated carbocycles. The second-order valence-corrected chi connectivity index (χ2v) is 2.69. The molecule has 0 aromatic heterocycles. The van der Waals surface area contributed by atoms with Crippen molar-refractivity contribution in [3.63, 3.8) is 0 Å². The quantitative estimate of drug-likeness (QED) is 0.323. The van der Waals surface area contributed by atoms with Crippen molar-refractivity contribution < 1.29 is 20.1 Å². The predicted molar refractivity (Wildman–Crippen MR) is 41.3 cm³/mol. The molecular formula is C6H14N2O4. The molecule has 0 rings (SSSR count). The minimum atomic E-state index is -1.09. The lowest BCUT2D eigenvalue weighted by Crippen LogP contribution is -2.46. The zero-order chi connectivity index (χ0) is 9.61. The zero-order valence-electron chi connectivity index (χ0n) is 6.66. The van der Waals surface area contributed by atoms with E-state index >= 15 is 0 Å². The van der Waals surface area contributed by atoms with Gasteiger partial charge in [-0.3, -0.25) is 0 Å². The monoisotopic (exact) mass is 178 g/mol. The standard InChI is InChI=1S/C6H14N2O4/c7-5(12)8-1-6(2-9,3-10)4-11/h9-11H,1-4H2,(H3,7,8,12). The van der Waals surface area contributed by atoms with E-state index in [0.29, 0.717) is 0 Å². The molecule has 0 bridgehead atoms. The Bertz CT molecular complexity index is 138. The van der Waals surface area contributed by atoms with Crippen LogP contribution in [-0.2, 0) is 0 Å². The molecule has 0 aliphatic rings. The molecular weight excluding hydrogens is 164 g/mol. The van der Waals surface area contributed by atoms with E-state index in [2.05, 4.69) is 5.32 Å². The highest BCUT2D eigenvalue weighted by molar-refractivity contribution is 5.71. The fraction of sp³-hybridized carbons (Fsp3) is 0.833. The molecule has 2 amide bonds. The van der Waals surface area contributed by atoms with Crippen LogP contribution in [-0.4, -0.2) is 47.7 Å². The summed E-state index contributed by atoms with van der Waals surface area (Å²) in [5, 5.41) is 28.5.